The first kappa shape index (κ1) is 24.7. The van der Waals surface area contributed by atoms with Gasteiger partial charge in [0.05, 0.1) is 23.9 Å². The van der Waals surface area contributed by atoms with Crippen LogP contribution in [0.15, 0.2) is 54.0 Å². The minimum absolute atomic E-state index is 0.125. The molecule has 3 aromatic heterocycles. The van der Waals surface area contributed by atoms with Gasteiger partial charge in [-0.25, -0.2) is 9.78 Å². The second-order valence-electron chi connectivity index (χ2n) is 8.51. The van der Waals surface area contributed by atoms with E-state index in [1.54, 1.807) is 7.11 Å². The monoisotopic (exact) mass is 534 g/mol. The zero-order valence-corrected chi connectivity index (χ0v) is 21.9. The predicted molar refractivity (Wildman–Crippen MR) is 143 cm³/mol. The first-order valence-corrected chi connectivity index (χ1v) is 12.7. The van der Waals surface area contributed by atoms with Crippen molar-refractivity contribution in [3.05, 3.63) is 87.3 Å². The molecule has 0 aliphatic carbocycles. The standard InChI is InChI=1S/C27H23ClN4O4S/c1-15-4-7-18(26-31-30-16(2)32(26)12-17-5-8-20(35-3)9-6-17)10-22(15)36-13-19-14-37-24-21(27(33)34)11-29-25(28)23(19)24/h4-11,14H,12-13H2,1-3H3,(H,33,34). The zero-order valence-electron chi connectivity index (χ0n) is 20.4. The molecule has 0 radical (unpaired) electrons. The molecular weight excluding hydrogens is 512 g/mol. The van der Waals surface area contributed by atoms with Gasteiger partial charge in [0.15, 0.2) is 5.82 Å². The summed E-state index contributed by atoms with van der Waals surface area (Å²) < 4.78 is 14.1. The third kappa shape index (κ3) is 4.87. The second-order valence-corrected chi connectivity index (χ2v) is 9.74. The van der Waals surface area contributed by atoms with Crippen LogP contribution in [-0.4, -0.2) is 37.9 Å². The molecule has 2 aromatic carbocycles. The Balaban J connectivity index is 1.42. The quantitative estimate of drug-likeness (QED) is 0.238. The van der Waals surface area contributed by atoms with Gasteiger partial charge in [-0.05, 0) is 48.6 Å². The lowest BCUT2D eigenvalue weighted by Crippen LogP contribution is -2.05. The van der Waals surface area contributed by atoms with Gasteiger partial charge in [0.2, 0.25) is 0 Å². The van der Waals surface area contributed by atoms with Crippen LogP contribution in [0.5, 0.6) is 11.5 Å². The number of carbonyl (C=O) groups is 1. The number of pyridine rings is 1. The van der Waals surface area contributed by atoms with Crippen LogP contribution in [0.25, 0.3) is 21.5 Å². The number of aryl methyl sites for hydroxylation is 2. The summed E-state index contributed by atoms with van der Waals surface area (Å²) in [4.78, 5) is 15.6. The van der Waals surface area contributed by atoms with Gasteiger partial charge in [-0.2, -0.15) is 0 Å². The first-order valence-electron chi connectivity index (χ1n) is 11.4. The van der Waals surface area contributed by atoms with Crippen molar-refractivity contribution in [2.24, 2.45) is 0 Å². The van der Waals surface area contributed by atoms with Crippen LogP contribution in [0.2, 0.25) is 5.15 Å². The van der Waals surface area contributed by atoms with Gasteiger partial charge in [-0.3, -0.25) is 0 Å². The molecule has 0 amide bonds. The molecule has 10 heteroatoms. The highest BCUT2D eigenvalue weighted by molar-refractivity contribution is 7.17. The largest absolute Gasteiger partial charge is 0.497 e. The number of carboxylic acid groups (broad SMARTS) is 1. The number of rotatable bonds is 8. The molecule has 0 fully saturated rings. The lowest BCUT2D eigenvalue weighted by Gasteiger charge is -2.13. The highest BCUT2D eigenvalue weighted by Gasteiger charge is 2.18. The van der Waals surface area contributed by atoms with E-state index < -0.39 is 5.97 Å². The van der Waals surface area contributed by atoms with Gasteiger partial charge < -0.3 is 19.1 Å². The Labute approximate surface area is 222 Å². The van der Waals surface area contributed by atoms with Crippen molar-refractivity contribution in [1.82, 2.24) is 19.7 Å². The van der Waals surface area contributed by atoms with Crippen molar-refractivity contribution in [3.8, 4) is 22.9 Å². The Morgan fingerprint density at radius 1 is 1.14 bits per heavy atom. The van der Waals surface area contributed by atoms with Gasteiger partial charge >= 0.3 is 5.97 Å². The Bertz CT molecular complexity index is 1610. The maximum atomic E-state index is 11.6. The minimum Gasteiger partial charge on any atom is -0.497 e. The van der Waals surface area contributed by atoms with E-state index in [1.807, 2.05) is 61.7 Å². The van der Waals surface area contributed by atoms with E-state index in [0.717, 1.165) is 39.7 Å². The summed E-state index contributed by atoms with van der Waals surface area (Å²) in [5, 5.41) is 20.9. The fourth-order valence-corrected chi connectivity index (χ4v) is 5.45. The number of methoxy groups -OCH3 is 1. The average Bonchev–Trinajstić information content (AvgIpc) is 3.48. The Morgan fingerprint density at radius 2 is 1.92 bits per heavy atom. The normalized spacial score (nSPS) is 11.1. The molecule has 0 aliphatic rings. The maximum absolute atomic E-state index is 11.6. The molecule has 0 bridgehead atoms. The van der Waals surface area contributed by atoms with Crippen molar-refractivity contribution < 1.29 is 19.4 Å². The topological polar surface area (TPSA) is 99.4 Å². The molecule has 0 saturated carbocycles. The van der Waals surface area contributed by atoms with Crippen LogP contribution in [0.4, 0.5) is 0 Å². The van der Waals surface area contributed by atoms with E-state index in [4.69, 9.17) is 21.1 Å². The summed E-state index contributed by atoms with van der Waals surface area (Å²) in [6.07, 6.45) is 1.28. The number of fused-ring (bicyclic) bond motifs is 1. The Hall–Kier alpha value is -3.95. The van der Waals surface area contributed by atoms with Crippen LogP contribution in [0.1, 0.15) is 32.9 Å². The van der Waals surface area contributed by atoms with Gasteiger partial charge in [-0.1, -0.05) is 35.9 Å². The van der Waals surface area contributed by atoms with Gasteiger partial charge in [0.25, 0.3) is 0 Å². The fourth-order valence-electron chi connectivity index (χ4n) is 4.07. The molecule has 0 atom stereocenters. The van der Waals surface area contributed by atoms with Crippen LogP contribution in [0.3, 0.4) is 0 Å². The Morgan fingerprint density at radius 3 is 2.65 bits per heavy atom. The number of benzene rings is 2. The number of aromatic carboxylic acids is 1. The molecule has 8 nitrogen and oxygen atoms in total. The van der Waals surface area contributed by atoms with E-state index in [1.165, 1.54) is 17.5 Å². The van der Waals surface area contributed by atoms with Crippen molar-refractivity contribution in [3.63, 3.8) is 0 Å². The smallest absolute Gasteiger partial charge is 0.338 e. The number of thiophene rings is 1. The minimum atomic E-state index is -1.04. The number of hydrogen-bond acceptors (Lipinski definition) is 7. The van der Waals surface area contributed by atoms with Crippen molar-refractivity contribution in [2.45, 2.75) is 27.0 Å². The van der Waals surface area contributed by atoms with Gasteiger partial charge in [0.1, 0.15) is 29.1 Å². The van der Waals surface area contributed by atoms with E-state index in [2.05, 4.69) is 19.7 Å². The molecule has 188 valence electrons. The molecule has 1 N–H and O–H groups in total. The van der Waals surface area contributed by atoms with E-state index in [0.29, 0.717) is 22.4 Å². The summed E-state index contributed by atoms with van der Waals surface area (Å²) in [5.41, 5.74) is 3.84. The van der Waals surface area contributed by atoms with Crippen LogP contribution >= 0.6 is 22.9 Å². The highest BCUT2D eigenvalue weighted by Crippen LogP contribution is 2.35. The number of halogens is 1. The Kier molecular flexibility index (Phi) is 6.82. The lowest BCUT2D eigenvalue weighted by molar-refractivity contribution is 0.0699. The SMILES string of the molecule is COc1ccc(Cn2c(C)nnc2-c2ccc(C)c(OCc3csc4c(C(=O)O)cnc(Cl)c34)c2)cc1. The van der Waals surface area contributed by atoms with E-state index in [-0.39, 0.29) is 17.3 Å². The number of nitrogens with zero attached hydrogens (tertiary/aromatic N) is 4. The summed E-state index contributed by atoms with van der Waals surface area (Å²) in [6, 6.07) is 13.8. The van der Waals surface area contributed by atoms with Crippen molar-refractivity contribution in [1.29, 1.82) is 0 Å². The molecule has 5 aromatic rings. The number of aromatic nitrogens is 4. The molecule has 0 aliphatic heterocycles. The summed E-state index contributed by atoms with van der Waals surface area (Å²) >= 11 is 7.64. The van der Waals surface area contributed by atoms with E-state index >= 15 is 0 Å². The summed E-state index contributed by atoms with van der Waals surface area (Å²) in [5.74, 6) is 1.99. The maximum Gasteiger partial charge on any atom is 0.338 e. The number of ether oxygens (including phenoxy) is 2. The summed E-state index contributed by atoms with van der Waals surface area (Å²) in [6.45, 7) is 4.72. The molecule has 0 unspecified atom stereocenters. The molecule has 0 spiro atoms. The fraction of sp³-hybridized carbons (Fsp3) is 0.185. The third-order valence-electron chi connectivity index (χ3n) is 6.12. The number of hydrogen-bond donors (Lipinski definition) is 1. The van der Waals surface area contributed by atoms with Crippen LogP contribution in [0, 0.1) is 13.8 Å². The van der Waals surface area contributed by atoms with E-state index in [9.17, 15) is 9.90 Å². The molecule has 5 rings (SSSR count). The average molecular weight is 535 g/mol. The zero-order chi connectivity index (χ0) is 26.1. The van der Waals surface area contributed by atoms with Crippen molar-refractivity contribution in [2.75, 3.05) is 7.11 Å². The molecular formula is C27H23ClN4O4S. The van der Waals surface area contributed by atoms with Gasteiger partial charge in [0, 0.05) is 22.7 Å². The summed E-state index contributed by atoms with van der Waals surface area (Å²) in [7, 11) is 1.65. The lowest BCUT2D eigenvalue weighted by atomic mass is 10.1. The van der Waals surface area contributed by atoms with Gasteiger partial charge in [-0.15, -0.1) is 21.5 Å². The highest BCUT2D eigenvalue weighted by atomic mass is 35.5. The number of carboxylic acids is 1. The third-order valence-corrected chi connectivity index (χ3v) is 7.47. The first-order chi connectivity index (χ1) is 17.9. The van der Waals surface area contributed by atoms with Crippen molar-refractivity contribution >= 4 is 39.0 Å². The van der Waals surface area contributed by atoms with Crippen LogP contribution in [-0.2, 0) is 13.2 Å². The second kappa shape index (κ2) is 10.2. The molecule has 3 heterocycles. The van der Waals surface area contributed by atoms with Crippen LogP contribution < -0.4 is 9.47 Å². The molecule has 37 heavy (non-hydrogen) atoms. The predicted octanol–water partition coefficient (Wildman–Crippen LogP) is 6.16. The molecule has 0 saturated heterocycles.